The first-order chi connectivity index (χ1) is 5.97. The average molecular weight is 238 g/mol. The van der Waals surface area contributed by atoms with Gasteiger partial charge in [0.25, 0.3) is 0 Å². The molecular formula is C8H18N2S3. The third-order valence-electron chi connectivity index (χ3n) is 2.37. The molecule has 13 heavy (non-hydrogen) atoms. The number of thioether (sulfide) groups is 2. The van der Waals surface area contributed by atoms with Gasteiger partial charge in [0.2, 0.25) is 0 Å². The highest BCUT2D eigenvalue weighted by Crippen LogP contribution is 2.16. The molecule has 2 aliphatic rings. The molecule has 2 fully saturated rings. The zero-order valence-corrected chi connectivity index (χ0v) is 10.5. The average Bonchev–Trinajstić information content (AvgIpc) is 2.21. The number of hydrogen-bond acceptors (Lipinski definition) is 4. The normalized spacial score (nSPS) is 26.8. The van der Waals surface area contributed by atoms with Crippen molar-refractivity contribution in [2.75, 3.05) is 49.2 Å². The highest BCUT2D eigenvalue weighted by Gasteiger charge is 2.19. The fraction of sp³-hybridized carbons (Fsp3) is 1.00. The first-order valence-corrected chi connectivity index (χ1v) is 6.93. The van der Waals surface area contributed by atoms with E-state index in [1.807, 2.05) is 0 Å². The third-order valence-corrected chi connectivity index (χ3v) is 4.26. The van der Waals surface area contributed by atoms with Crippen LogP contribution in [0.25, 0.3) is 0 Å². The van der Waals surface area contributed by atoms with Gasteiger partial charge in [0.05, 0.1) is 0 Å². The summed E-state index contributed by atoms with van der Waals surface area (Å²) in [7, 11) is 0. The summed E-state index contributed by atoms with van der Waals surface area (Å²) < 4.78 is 0. The van der Waals surface area contributed by atoms with E-state index in [-0.39, 0.29) is 13.5 Å². The predicted octanol–water partition coefficient (Wildman–Crippen LogP) is 1.11. The maximum Gasteiger partial charge on any atom is 0.0224 e. The van der Waals surface area contributed by atoms with Crippen LogP contribution >= 0.6 is 37.0 Å². The van der Waals surface area contributed by atoms with Gasteiger partial charge in [0.1, 0.15) is 0 Å². The minimum absolute atomic E-state index is 0. The van der Waals surface area contributed by atoms with Crippen molar-refractivity contribution in [2.24, 2.45) is 0 Å². The summed E-state index contributed by atoms with van der Waals surface area (Å²) >= 11 is 4.18. The second-order valence-corrected chi connectivity index (χ2v) is 5.58. The molecule has 2 saturated heterocycles. The first kappa shape index (κ1) is 12.0. The Bertz CT molecular complexity index is 117. The molecule has 0 aliphatic carbocycles. The molecule has 0 bridgehead atoms. The molecule has 2 heterocycles. The third kappa shape index (κ3) is 3.55. The Morgan fingerprint density at radius 2 is 0.923 bits per heavy atom. The quantitative estimate of drug-likeness (QED) is 0.675. The molecule has 0 aromatic rings. The summed E-state index contributed by atoms with van der Waals surface area (Å²) in [6.07, 6.45) is 0. The topological polar surface area (TPSA) is 6.48 Å². The van der Waals surface area contributed by atoms with Gasteiger partial charge in [-0.3, -0.25) is 0 Å². The number of nitrogens with zero attached hydrogens (tertiary/aromatic N) is 2. The Morgan fingerprint density at radius 1 is 0.615 bits per heavy atom. The minimum Gasteiger partial charge on any atom is -0.240 e. The molecule has 0 unspecified atom stereocenters. The zero-order chi connectivity index (χ0) is 8.23. The van der Waals surface area contributed by atoms with Gasteiger partial charge in [0, 0.05) is 49.2 Å². The molecule has 0 N–H and O–H groups in total. The van der Waals surface area contributed by atoms with Crippen LogP contribution in [-0.2, 0) is 0 Å². The van der Waals surface area contributed by atoms with Gasteiger partial charge in [-0.25, -0.2) is 10.0 Å². The van der Waals surface area contributed by atoms with Gasteiger partial charge in [0.15, 0.2) is 0 Å². The summed E-state index contributed by atoms with van der Waals surface area (Å²) in [5.41, 5.74) is 0. The van der Waals surface area contributed by atoms with Gasteiger partial charge < -0.3 is 0 Å². The molecule has 2 rings (SSSR count). The van der Waals surface area contributed by atoms with Gasteiger partial charge >= 0.3 is 0 Å². The standard InChI is InChI=1S/C8H16N2S2.H2S/c1-5-11-6-2-9(1)10-3-7-12-8-4-10;/h1-8H2;1H2. The van der Waals surface area contributed by atoms with Crippen molar-refractivity contribution >= 4 is 37.0 Å². The van der Waals surface area contributed by atoms with Crippen LogP contribution in [0.1, 0.15) is 0 Å². The van der Waals surface area contributed by atoms with E-state index in [1.54, 1.807) is 0 Å². The lowest BCUT2D eigenvalue weighted by atomic mass is 10.5. The van der Waals surface area contributed by atoms with Crippen LogP contribution in [-0.4, -0.2) is 59.2 Å². The van der Waals surface area contributed by atoms with Crippen molar-refractivity contribution in [2.45, 2.75) is 0 Å². The Hall–Kier alpha value is 0.970. The van der Waals surface area contributed by atoms with E-state index in [0.29, 0.717) is 0 Å². The van der Waals surface area contributed by atoms with Crippen molar-refractivity contribution < 1.29 is 0 Å². The zero-order valence-electron chi connectivity index (χ0n) is 7.87. The molecule has 0 saturated carbocycles. The summed E-state index contributed by atoms with van der Waals surface area (Å²) in [4.78, 5) is 0. The Kier molecular flexibility index (Phi) is 5.98. The van der Waals surface area contributed by atoms with Crippen LogP contribution in [0.3, 0.4) is 0 Å². The van der Waals surface area contributed by atoms with Crippen molar-refractivity contribution in [1.29, 1.82) is 0 Å². The maximum atomic E-state index is 2.55. The summed E-state index contributed by atoms with van der Waals surface area (Å²) in [6.45, 7) is 5.09. The monoisotopic (exact) mass is 238 g/mol. The maximum absolute atomic E-state index is 2.55. The SMILES string of the molecule is C1CN(N2CCSCC2)CCS1.S. The van der Waals surface area contributed by atoms with Crippen LogP contribution in [0, 0.1) is 0 Å². The van der Waals surface area contributed by atoms with Gasteiger partial charge in [-0.15, -0.1) is 0 Å². The van der Waals surface area contributed by atoms with Gasteiger partial charge in [-0.1, -0.05) is 0 Å². The van der Waals surface area contributed by atoms with Crippen molar-refractivity contribution in [1.82, 2.24) is 10.0 Å². The van der Waals surface area contributed by atoms with Crippen LogP contribution in [0.15, 0.2) is 0 Å². The fourth-order valence-electron chi connectivity index (χ4n) is 1.67. The smallest absolute Gasteiger partial charge is 0.0224 e. The van der Waals surface area contributed by atoms with Gasteiger partial charge in [-0.05, 0) is 0 Å². The van der Waals surface area contributed by atoms with Gasteiger partial charge in [-0.2, -0.15) is 37.0 Å². The van der Waals surface area contributed by atoms with E-state index in [4.69, 9.17) is 0 Å². The number of hydrogen-bond donors (Lipinski definition) is 0. The molecular weight excluding hydrogens is 220 g/mol. The predicted molar refractivity (Wildman–Crippen MR) is 68.2 cm³/mol. The number of hydrazine groups is 1. The van der Waals surface area contributed by atoms with E-state index in [0.717, 1.165) is 0 Å². The molecule has 5 heteroatoms. The largest absolute Gasteiger partial charge is 0.240 e. The lowest BCUT2D eigenvalue weighted by Gasteiger charge is -2.39. The Labute approximate surface area is 96.2 Å². The highest BCUT2D eigenvalue weighted by atomic mass is 32.2. The Balaban J connectivity index is 0.000000845. The second kappa shape index (κ2) is 6.45. The lowest BCUT2D eigenvalue weighted by molar-refractivity contribution is -0.00703. The molecule has 2 nitrogen and oxygen atoms in total. The molecule has 0 aromatic carbocycles. The molecule has 0 amide bonds. The second-order valence-electron chi connectivity index (χ2n) is 3.13. The molecule has 2 aliphatic heterocycles. The van der Waals surface area contributed by atoms with E-state index in [9.17, 15) is 0 Å². The molecule has 78 valence electrons. The van der Waals surface area contributed by atoms with Crippen molar-refractivity contribution in [3.8, 4) is 0 Å². The van der Waals surface area contributed by atoms with Crippen LogP contribution in [0.4, 0.5) is 0 Å². The lowest BCUT2D eigenvalue weighted by Crippen LogP contribution is -2.50. The van der Waals surface area contributed by atoms with Crippen LogP contribution < -0.4 is 0 Å². The summed E-state index contributed by atoms with van der Waals surface area (Å²) in [5, 5.41) is 5.10. The van der Waals surface area contributed by atoms with Crippen LogP contribution in [0.2, 0.25) is 0 Å². The summed E-state index contributed by atoms with van der Waals surface area (Å²) in [5.74, 6) is 5.29. The van der Waals surface area contributed by atoms with E-state index >= 15 is 0 Å². The molecule has 0 spiro atoms. The first-order valence-electron chi connectivity index (χ1n) is 4.62. The fourth-order valence-corrected chi connectivity index (χ4v) is 3.44. The Morgan fingerprint density at radius 3 is 1.23 bits per heavy atom. The van der Waals surface area contributed by atoms with Crippen molar-refractivity contribution in [3.63, 3.8) is 0 Å². The van der Waals surface area contributed by atoms with E-state index < -0.39 is 0 Å². The summed E-state index contributed by atoms with van der Waals surface area (Å²) in [6, 6.07) is 0. The van der Waals surface area contributed by atoms with Crippen molar-refractivity contribution in [3.05, 3.63) is 0 Å². The number of rotatable bonds is 1. The highest BCUT2D eigenvalue weighted by molar-refractivity contribution is 7.99. The van der Waals surface area contributed by atoms with E-state index in [1.165, 1.54) is 49.2 Å². The molecule has 0 radical (unpaired) electrons. The molecule has 0 aromatic heterocycles. The van der Waals surface area contributed by atoms with Crippen LogP contribution in [0.5, 0.6) is 0 Å². The molecule has 0 atom stereocenters. The van der Waals surface area contributed by atoms with E-state index in [2.05, 4.69) is 33.5 Å². The minimum atomic E-state index is 0.